The van der Waals surface area contributed by atoms with Crippen molar-refractivity contribution in [1.29, 1.82) is 0 Å². The van der Waals surface area contributed by atoms with Gasteiger partial charge in [-0.3, -0.25) is 0 Å². The Hall–Kier alpha value is -0.730. The average molecular weight is 308 g/mol. The zero-order valence-electron chi connectivity index (χ0n) is 12.7. The van der Waals surface area contributed by atoms with Crippen LogP contribution in [0.3, 0.4) is 0 Å². The van der Waals surface area contributed by atoms with Crippen molar-refractivity contribution in [1.82, 2.24) is 5.32 Å². The van der Waals surface area contributed by atoms with Gasteiger partial charge in [0, 0.05) is 11.1 Å². The Balaban J connectivity index is 1.54. The van der Waals surface area contributed by atoms with Crippen LogP contribution in [0, 0.1) is 0 Å². The van der Waals surface area contributed by atoms with Gasteiger partial charge in [0.25, 0.3) is 0 Å². The van der Waals surface area contributed by atoms with Gasteiger partial charge in [-0.25, -0.2) is 0 Å². The highest BCUT2D eigenvalue weighted by Gasteiger charge is 2.20. The molecule has 0 heterocycles. The lowest BCUT2D eigenvalue weighted by atomic mass is 9.84. The zero-order chi connectivity index (χ0) is 14.5. The summed E-state index contributed by atoms with van der Waals surface area (Å²) in [5.41, 5.74) is 1.33. The van der Waals surface area contributed by atoms with Crippen molar-refractivity contribution < 1.29 is 4.74 Å². The van der Waals surface area contributed by atoms with E-state index in [0.29, 0.717) is 5.92 Å². The third kappa shape index (κ3) is 4.62. The first-order valence-electron chi connectivity index (χ1n) is 8.48. The molecule has 3 rings (SSSR count). The molecule has 0 spiro atoms. The molecular formula is C18H26ClNO. The summed E-state index contributed by atoms with van der Waals surface area (Å²) in [6, 6.07) is 6.92. The molecule has 2 saturated carbocycles. The van der Waals surface area contributed by atoms with Gasteiger partial charge in [-0.2, -0.15) is 0 Å². The molecule has 0 radical (unpaired) electrons. The number of benzene rings is 1. The summed E-state index contributed by atoms with van der Waals surface area (Å²) >= 11 is 6.20. The van der Waals surface area contributed by atoms with Crippen molar-refractivity contribution in [3.05, 3.63) is 28.8 Å². The van der Waals surface area contributed by atoms with Gasteiger partial charge >= 0.3 is 0 Å². The van der Waals surface area contributed by atoms with Crippen LogP contribution in [0.5, 0.6) is 5.75 Å². The number of ether oxygens (including phenoxy) is 1. The van der Waals surface area contributed by atoms with Crippen molar-refractivity contribution in [3.63, 3.8) is 0 Å². The molecule has 1 N–H and O–H groups in total. The average Bonchev–Trinajstić information content (AvgIpc) is 3.33. The molecule has 0 atom stereocenters. The van der Waals surface area contributed by atoms with Gasteiger partial charge < -0.3 is 10.1 Å². The van der Waals surface area contributed by atoms with Gasteiger partial charge in [0.15, 0.2) is 0 Å². The standard InChI is InChI=1S/C18H26ClNO/c19-15-7-10-18(21-12-4-11-20-16-8-9-16)17(13-15)14-5-2-1-3-6-14/h7,10,13-14,16,20H,1-6,8-9,11-12H2. The summed E-state index contributed by atoms with van der Waals surface area (Å²) in [5.74, 6) is 1.69. The highest BCUT2D eigenvalue weighted by molar-refractivity contribution is 6.30. The fourth-order valence-electron chi connectivity index (χ4n) is 3.23. The molecule has 0 saturated heterocycles. The largest absolute Gasteiger partial charge is 0.493 e. The molecular weight excluding hydrogens is 282 g/mol. The Labute approximate surface area is 133 Å². The molecule has 0 aliphatic heterocycles. The number of rotatable bonds is 7. The summed E-state index contributed by atoms with van der Waals surface area (Å²) in [5, 5.41) is 4.36. The molecule has 2 aliphatic rings. The highest BCUT2D eigenvalue weighted by atomic mass is 35.5. The second-order valence-corrected chi connectivity index (χ2v) is 6.88. The first-order chi connectivity index (χ1) is 10.3. The first kappa shape index (κ1) is 15.2. The maximum atomic E-state index is 6.20. The molecule has 1 aromatic carbocycles. The predicted octanol–water partition coefficient (Wildman–Crippen LogP) is 4.91. The SMILES string of the molecule is Clc1ccc(OCCCNC2CC2)c(C2CCCCC2)c1. The van der Waals surface area contributed by atoms with Crippen LogP contribution in [-0.4, -0.2) is 19.2 Å². The Morgan fingerprint density at radius 1 is 1.10 bits per heavy atom. The molecule has 2 fully saturated rings. The van der Waals surface area contributed by atoms with Gasteiger partial charge in [-0.05, 0) is 68.3 Å². The van der Waals surface area contributed by atoms with Crippen LogP contribution in [0.2, 0.25) is 5.02 Å². The minimum Gasteiger partial charge on any atom is -0.493 e. The maximum absolute atomic E-state index is 6.20. The van der Waals surface area contributed by atoms with Crippen molar-refractivity contribution in [2.75, 3.05) is 13.2 Å². The summed E-state index contributed by atoms with van der Waals surface area (Å²) in [6.07, 6.45) is 10.4. The van der Waals surface area contributed by atoms with E-state index in [-0.39, 0.29) is 0 Å². The molecule has 0 amide bonds. The molecule has 1 aromatic rings. The fraction of sp³-hybridized carbons (Fsp3) is 0.667. The van der Waals surface area contributed by atoms with E-state index in [1.54, 1.807) is 0 Å². The Morgan fingerprint density at radius 2 is 1.90 bits per heavy atom. The quantitative estimate of drug-likeness (QED) is 0.723. The van der Waals surface area contributed by atoms with E-state index in [1.165, 1.54) is 50.5 Å². The van der Waals surface area contributed by atoms with E-state index in [0.717, 1.165) is 36.4 Å². The summed E-state index contributed by atoms with van der Waals surface area (Å²) in [7, 11) is 0. The number of hydrogen-bond acceptors (Lipinski definition) is 2. The lowest BCUT2D eigenvalue weighted by Crippen LogP contribution is -2.19. The molecule has 0 aromatic heterocycles. The van der Waals surface area contributed by atoms with Gasteiger partial charge in [-0.1, -0.05) is 30.9 Å². The van der Waals surface area contributed by atoms with Crippen LogP contribution < -0.4 is 10.1 Å². The minimum atomic E-state index is 0.636. The molecule has 0 bridgehead atoms. The molecule has 116 valence electrons. The predicted molar refractivity (Wildman–Crippen MR) is 88.4 cm³/mol. The van der Waals surface area contributed by atoms with E-state index < -0.39 is 0 Å². The lowest BCUT2D eigenvalue weighted by molar-refractivity contribution is 0.299. The Bertz CT molecular complexity index is 453. The zero-order valence-corrected chi connectivity index (χ0v) is 13.5. The highest BCUT2D eigenvalue weighted by Crippen LogP contribution is 2.38. The summed E-state index contributed by atoms with van der Waals surface area (Å²) in [6.45, 7) is 1.86. The van der Waals surface area contributed by atoms with E-state index >= 15 is 0 Å². The Kier molecular flexibility index (Phi) is 5.43. The monoisotopic (exact) mass is 307 g/mol. The minimum absolute atomic E-state index is 0.636. The second-order valence-electron chi connectivity index (χ2n) is 6.45. The van der Waals surface area contributed by atoms with Gasteiger partial charge in [0.2, 0.25) is 0 Å². The van der Waals surface area contributed by atoms with Gasteiger partial charge in [-0.15, -0.1) is 0 Å². The number of hydrogen-bond donors (Lipinski definition) is 1. The van der Waals surface area contributed by atoms with Crippen LogP contribution in [-0.2, 0) is 0 Å². The summed E-state index contributed by atoms with van der Waals surface area (Å²) < 4.78 is 6.05. The lowest BCUT2D eigenvalue weighted by Gasteiger charge is -2.24. The third-order valence-electron chi connectivity index (χ3n) is 4.61. The Morgan fingerprint density at radius 3 is 2.67 bits per heavy atom. The normalized spacial score (nSPS) is 19.7. The molecule has 2 aliphatic carbocycles. The molecule has 21 heavy (non-hydrogen) atoms. The van der Waals surface area contributed by atoms with Crippen molar-refractivity contribution in [2.45, 2.75) is 63.3 Å². The van der Waals surface area contributed by atoms with Crippen LogP contribution >= 0.6 is 11.6 Å². The van der Waals surface area contributed by atoms with E-state index in [9.17, 15) is 0 Å². The fourth-order valence-corrected chi connectivity index (χ4v) is 3.41. The second kappa shape index (κ2) is 7.51. The van der Waals surface area contributed by atoms with E-state index in [1.807, 2.05) is 6.07 Å². The molecule has 3 heteroatoms. The summed E-state index contributed by atoms with van der Waals surface area (Å²) in [4.78, 5) is 0. The third-order valence-corrected chi connectivity index (χ3v) is 4.84. The molecule has 2 nitrogen and oxygen atoms in total. The van der Waals surface area contributed by atoms with Crippen LogP contribution in [0.25, 0.3) is 0 Å². The van der Waals surface area contributed by atoms with Gasteiger partial charge in [0.1, 0.15) is 5.75 Å². The van der Waals surface area contributed by atoms with Crippen molar-refractivity contribution in [2.24, 2.45) is 0 Å². The van der Waals surface area contributed by atoms with Crippen molar-refractivity contribution >= 4 is 11.6 Å². The smallest absolute Gasteiger partial charge is 0.122 e. The first-order valence-corrected chi connectivity index (χ1v) is 8.86. The topological polar surface area (TPSA) is 21.3 Å². The number of halogens is 1. The molecule has 0 unspecified atom stereocenters. The van der Waals surface area contributed by atoms with Gasteiger partial charge in [0.05, 0.1) is 6.61 Å². The van der Waals surface area contributed by atoms with Crippen LogP contribution in [0.4, 0.5) is 0 Å². The van der Waals surface area contributed by atoms with Crippen LogP contribution in [0.15, 0.2) is 18.2 Å². The van der Waals surface area contributed by atoms with E-state index in [2.05, 4.69) is 17.4 Å². The maximum Gasteiger partial charge on any atom is 0.122 e. The number of nitrogens with one attached hydrogen (secondary N) is 1. The van der Waals surface area contributed by atoms with E-state index in [4.69, 9.17) is 16.3 Å². The van der Waals surface area contributed by atoms with Crippen molar-refractivity contribution in [3.8, 4) is 5.75 Å². The van der Waals surface area contributed by atoms with Crippen LogP contribution in [0.1, 0.15) is 62.8 Å².